The highest BCUT2D eigenvalue weighted by Gasteiger charge is 2.26. The highest BCUT2D eigenvalue weighted by molar-refractivity contribution is 5.69. The Morgan fingerprint density at radius 1 is 1.24 bits per heavy atom. The molecule has 4 heteroatoms. The predicted octanol–water partition coefficient (Wildman–Crippen LogP) is 2.43. The molecule has 1 heterocycles. The molecule has 0 aromatic carbocycles. The van der Waals surface area contributed by atoms with E-state index >= 15 is 0 Å². The third kappa shape index (κ3) is 5.95. The number of esters is 1. The number of piperidine rings is 1. The molecule has 4 nitrogen and oxygen atoms in total. The van der Waals surface area contributed by atoms with Gasteiger partial charge < -0.3 is 15.0 Å². The Balaban J connectivity index is 1.69. The molecule has 0 bridgehead atoms. The number of likely N-dealkylation sites (N-methyl/N-ethyl adjacent to an activating group) is 1. The van der Waals surface area contributed by atoms with E-state index in [2.05, 4.69) is 17.3 Å². The maximum Gasteiger partial charge on any atom is 0.305 e. The second kappa shape index (κ2) is 8.74. The lowest BCUT2D eigenvalue weighted by Gasteiger charge is -2.36. The molecular weight excluding hydrogens is 264 g/mol. The Morgan fingerprint density at radius 3 is 2.71 bits per heavy atom. The van der Waals surface area contributed by atoms with Crippen molar-refractivity contribution in [1.29, 1.82) is 0 Å². The van der Waals surface area contributed by atoms with E-state index in [4.69, 9.17) is 4.74 Å². The average molecular weight is 296 g/mol. The van der Waals surface area contributed by atoms with Gasteiger partial charge in [0, 0.05) is 25.6 Å². The van der Waals surface area contributed by atoms with Gasteiger partial charge in [0.1, 0.15) is 0 Å². The number of carbonyl (C=O) groups excluding carboxylic acids is 1. The first kappa shape index (κ1) is 16.8. The third-order valence-corrected chi connectivity index (χ3v) is 4.95. The molecule has 1 N–H and O–H groups in total. The first-order valence-electron chi connectivity index (χ1n) is 8.75. The van der Waals surface area contributed by atoms with Crippen LogP contribution in [-0.4, -0.2) is 50.2 Å². The standard InChI is InChI=1S/C17H32N2O2/c1-3-21-17(20)9-8-15-10-16(13-19(2)12-15)18-11-14-6-4-5-7-14/h14-16,18H,3-13H2,1-2H3. The van der Waals surface area contributed by atoms with Crippen molar-refractivity contribution in [1.82, 2.24) is 10.2 Å². The van der Waals surface area contributed by atoms with Gasteiger partial charge in [-0.25, -0.2) is 0 Å². The summed E-state index contributed by atoms with van der Waals surface area (Å²) < 4.78 is 5.03. The van der Waals surface area contributed by atoms with Crippen molar-refractivity contribution in [2.45, 2.75) is 57.9 Å². The van der Waals surface area contributed by atoms with Crippen molar-refractivity contribution in [2.75, 3.05) is 33.3 Å². The summed E-state index contributed by atoms with van der Waals surface area (Å²) in [6.07, 6.45) is 8.38. The molecule has 1 aliphatic heterocycles. The largest absolute Gasteiger partial charge is 0.466 e. The summed E-state index contributed by atoms with van der Waals surface area (Å²) in [5.74, 6) is 1.48. The van der Waals surface area contributed by atoms with Gasteiger partial charge in [0.15, 0.2) is 0 Å². The number of hydrogen-bond acceptors (Lipinski definition) is 4. The highest BCUT2D eigenvalue weighted by atomic mass is 16.5. The molecule has 1 saturated carbocycles. The van der Waals surface area contributed by atoms with E-state index < -0.39 is 0 Å². The second-order valence-corrected chi connectivity index (χ2v) is 6.92. The molecule has 0 spiro atoms. The molecule has 21 heavy (non-hydrogen) atoms. The first-order chi connectivity index (χ1) is 10.2. The fourth-order valence-electron chi connectivity index (χ4n) is 3.90. The molecule has 0 radical (unpaired) electrons. The van der Waals surface area contributed by atoms with E-state index in [1.54, 1.807) is 0 Å². The van der Waals surface area contributed by atoms with Crippen molar-refractivity contribution in [3.8, 4) is 0 Å². The topological polar surface area (TPSA) is 41.6 Å². The third-order valence-electron chi connectivity index (χ3n) is 4.95. The van der Waals surface area contributed by atoms with Gasteiger partial charge in [-0.05, 0) is 58.0 Å². The number of nitrogens with one attached hydrogen (secondary N) is 1. The van der Waals surface area contributed by atoms with Crippen LogP contribution in [0.5, 0.6) is 0 Å². The van der Waals surface area contributed by atoms with Gasteiger partial charge in [0.25, 0.3) is 0 Å². The lowest BCUT2D eigenvalue weighted by molar-refractivity contribution is -0.143. The number of nitrogens with zero attached hydrogens (tertiary/aromatic N) is 1. The SMILES string of the molecule is CCOC(=O)CCC1CC(NCC2CCCC2)CN(C)C1. The minimum absolute atomic E-state index is 0.0406. The van der Waals surface area contributed by atoms with Gasteiger partial charge >= 0.3 is 5.97 Å². The van der Waals surface area contributed by atoms with E-state index in [1.165, 1.54) is 38.6 Å². The molecule has 122 valence electrons. The molecule has 2 fully saturated rings. The molecule has 2 atom stereocenters. The summed E-state index contributed by atoms with van der Waals surface area (Å²) >= 11 is 0. The Bertz CT molecular complexity index is 316. The van der Waals surface area contributed by atoms with Gasteiger partial charge in [-0.2, -0.15) is 0 Å². The summed E-state index contributed by atoms with van der Waals surface area (Å²) in [5, 5.41) is 3.78. The van der Waals surface area contributed by atoms with Gasteiger partial charge in [-0.3, -0.25) is 4.79 Å². The van der Waals surface area contributed by atoms with Gasteiger partial charge in [-0.15, -0.1) is 0 Å². The van der Waals surface area contributed by atoms with Gasteiger partial charge in [0.2, 0.25) is 0 Å². The zero-order valence-electron chi connectivity index (χ0n) is 13.8. The Kier molecular flexibility index (Phi) is 6.97. The van der Waals surface area contributed by atoms with Crippen LogP contribution in [0.3, 0.4) is 0 Å². The monoisotopic (exact) mass is 296 g/mol. The normalized spacial score (nSPS) is 27.9. The summed E-state index contributed by atoms with van der Waals surface area (Å²) in [7, 11) is 2.20. The quantitative estimate of drug-likeness (QED) is 0.733. The van der Waals surface area contributed by atoms with Crippen LogP contribution in [0.15, 0.2) is 0 Å². The molecule has 2 aliphatic rings. The van der Waals surface area contributed by atoms with Crippen LogP contribution in [0.25, 0.3) is 0 Å². The second-order valence-electron chi connectivity index (χ2n) is 6.92. The van der Waals surface area contributed by atoms with Gasteiger partial charge in [0.05, 0.1) is 6.61 Å². The van der Waals surface area contributed by atoms with Crippen molar-refractivity contribution in [3.63, 3.8) is 0 Å². The highest BCUT2D eigenvalue weighted by Crippen LogP contribution is 2.25. The molecular formula is C17H32N2O2. The molecule has 0 amide bonds. The van der Waals surface area contributed by atoms with E-state index in [1.807, 2.05) is 6.92 Å². The van der Waals surface area contributed by atoms with Crippen LogP contribution in [0.4, 0.5) is 0 Å². The van der Waals surface area contributed by atoms with Crippen LogP contribution in [0, 0.1) is 11.8 Å². The molecule has 0 aromatic heterocycles. The summed E-state index contributed by atoms with van der Waals surface area (Å²) in [6.45, 7) is 5.80. The minimum atomic E-state index is -0.0406. The smallest absolute Gasteiger partial charge is 0.305 e. The molecule has 1 saturated heterocycles. The predicted molar refractivity (Wildman–Crippen MR) is 85.2 cm³/mol. The zero-order chi connectivity index (χ0) is 15.1. The lowest BCUT2D eigenvalue weighted by atomic mass is 9.90. The summed E-state index contributed by atoms with van der Waals surface area (Å²) in [5.41, 5.74) is 0. The first-order valence-corrected chi connectivity index (χ1v) is 8.75. The minimum Gasteiger partial charge on any atom is -0.466 e. The number of likely N-dealkylation sites (tertiary alicyclic amines) is 1. The number of carbonyl (C=O) groups is 1. The Hall–Kier alpha value is -0.610. The maximum absolute atomic E-state index is 11.5. The van der Waals surface area contributed by atoms with Crippen LogP contribution >= 0.6 is 0 Å². The fourth-order valence-corrected chi connectivity index (χ4v) is 3.90. The number of hydrogen-bond donors (Lipinski definition) is 1. The van der Waals surface area contributed by atoms with E-state index in [0.717, 1.165) is 25.4 Å². The fraction of sp³-hybridized carbons (Fsp3) is 0.941. The maximum atomic E-state index is 11.5. The summed E-state index contributed by atoms with van der Waals surface area (Å²) in [4.78, 5) is 13.9. The van der Waals surface area contributed by atoms with Crippen LogP contribution < -0.4 is 5.32 Å². The van der Waals surface area contributed by atoms with Crippen LogP contribution in [0.2, 0.25) is 0 Å². The zero-order valence-corrected chi connectivity index (χ0v) is 13.8. The lowest BCUT2D eigenvalue weighted by Crippen LogP contribution is -2.48. The number of ether oxygens (including phenoxy) is 1. The van der Waals surface area contributed by atoms with Crippen molar-refractivity contribution < 1.29 is 9.53 Å². The average Bonchev–Trinajstić information content (AvgIpc) is 2.96. The van der Waals surface area contributed by atoms with Crippen molar-refractivity contribution in [3.05, 3.63) is 0 Å². The van der Waals surface area contributed by atoms with Crippen LogP contribution in [-0.2, 0) is 9.53 Å². The molecule has 1 aliphatic carbocycles. The van der Waals surface area contributed by atoms with E-state index in [0.29, 0.717) is 25.0 Å². The molecule has 0 aromatic rings. The van der Waals surface area contributed by atoms with E-state index in [9.17, 15) is 4.79 Å². The number of rotatable bonds is 7. The van der Waals surface area contributed by atoms with Crippen molar-refractivity contribution in [2.24, 2.45) is 11.8 Å². The summed E-state index contributed by atoms with van der Waals surface area (Å²) in [6, 6.07) is 0.594. The van der Waals surface area contributed by atoms with Gasteiger partial charge in [-0.1, -0.05) is 12.8 Å². The molecule has 2 rings (SSSR count). The Morgan fingerprint density at radius 2 is 2.00 bits per heavy atom. The molecule has 2 unspecified atom stereocenters. The van der Waals surface area contributed by atoms with Crippen molar-refractivity contribution >= 4 is 5.97 Å². The van der Waals surface area contributed by atoms with Crippen LogP contribution in [0.1, 0.15) is 51.9 Å². The van der Waals surface area contributed by atoms with E-state index in [-0.39, 0.29) is 5.97 Å². The Labute approximate surface area is 129 Å².